The topological polar surface area (TPSA) is 72.9 Å². The molecule has 2 rings (SSSR count). The molecule has 1 aromatic rings. The molecule has 1 aromatic carbocycles. The summed E-state index contributed by atoms with van der Waals surface area (Å²) in [7, 11) is 2.05. The summed E-state index contributed by atoms with van der Waals surface area (Å²) in [5, 5.41) is 12.7. The molecule has 0 spiro atoms. The Morgan fingerprint density at radius 1 is 1.25 bits per heavy atom. The highest BCUT2D eigenvalue weighted by Crippen LogP contribution is 2.15. The molecule has 6 nitrogen and oxygen atoms in total. The number of nitrogens with zero attached hydrogens (tertiary/aromatic N) is 2. The van der Waals surface area contributed by atoms with Crippen molar-refractivity contribution < 1.29 is 14.7 Å². The Kier molecular flexibility index (Phi) is 7.02. The highest BCUT2D eigenvalue weighted by atomic mass is 35.5. The first-order chi connectivity index (χ1) is 11.5. The molecule has 1 aliphatic rings. The summed E-state index contributed by atoms with van der Waals surface area (Å²) in [6, 6.07) is 7.27. The van der Waals surface area contributed by atoms with Crippen molar-refractivity contribution in [2.45, 2.75) is 13.0 Å². The van der Waals surface area contributed by atoms with Crippen LogP contribution in [-0.4, -0.2) is 66.6 Å². The van der Waals surface area contributed by atoms with Gasteiger partial charge >= 0.3 is 5.97 Å². The van der Waals surface area contributed by atoms with Gasteiger partial charge < -0.3 is 15.3 Å². The summed E-state index contributed by atoms with van der Waals surface area (Å²) in [4.78, 5) is 27.9. The van der Waals surface area contributed by atoms with E-state index in [1.165, 1.54) is 0 Å². The number of benzene rings is 1. The van der Waals surface area contributed by atoms with E-state index >= 15 is 0 Å². The molecule has 0 saturated carbocycles. The number of amides is 1. The third-order valence-electron chi connectivity index (χ3n) is 4.29. The van der Waals surface area contributed by atoms with E-state index in [0.717, 1.165) is 31.7 Å². The predicted octanol–water partition coefficient (Wildman–Crippen LogP) is 1.29. The third kappa shape index (κ3) is 5.78. The number of piperazine rings is 1. The summed E-state index contributed by atoms with van der Waals surface area (Å²) in [5.41, 5.74) is 0.818. The lowest BCUT2D eigenvalue weighted by Gasteiger charge is -2.33. The molecule has 1 saturated heterocycles. The first-order valence-corrected chi connectivity index (χ1v) is 8.47. The van der Waals surface area contributed by atoms with Gasteiger partial charge in [0.05, 0.1) is 5.92 Å². The Hall–Kier alpha value is -1.63. The second kappa shape index (κ2) is 9.01. The van der Waals surface area contributed by atoms with Crippen molar-refractivity contribution in [2.75, 3.05) is 39.8 Å². The molecule has 0 bridgehead atoms. The normalized spacial score (nSPS) is 17.4. The van der Waals surface area contributed by atoms with Gasteiger partial charge in [0, 0.05) is 50.7 Å². The molecule has 24 heavy (non-hydrogen) atoms. The lowest BCUT2D eigenvalue weighted by molar-refractivity contribution is -0.145. The zero-order valence-corrected chi connectivity index (χ0v) is 14.6. The molecular weight excluding hydrogens is 330 g/mol. The molecule has 1 heterocycles. The van der Waals surface area contributed by atoms with Gasteiger partial charge in [0.1, 0.15) is 0 Å². The monoisotopic (exact) mass is 353 g/mol. The molecule has 2 N–H and O–H groups in total. The van der Waals surface area contributed by atoms with Gasteiger partial charge in [-0.3, -0.25) is 14.5 Å². The Bertz CT molecular complexity index is 574. The highest BCUT2D eigenvalue weighted by Gasteiger charge is 2.25. The van der Waals surface area contributed by atoms with Crippen LogP contribution in [0, 0.1) is 5.92 Å². The van der Waals surface area contributed by atoms with Crippen LogP contribution in [0.1, 0.15) is 12.0 Å². The van der Waals surface area contributed by atoms with Gasteiger partial charge in [-0.15, -0.1) is 0 Å². The number of hydrogen-bond donors (Lipinski definition) is 2. The summed E-state index contributed by atoms with van der Waals surface area (Å²) in [5.74, 6) is -1.89. The number of hydrogen-bond acceptors (Lipinski definition) is 4. The molecular formula is C17H24ClN3O3. The Morgan fingerprint density at radius 2 is 1.92 bits per heavy atom. The summed E-state index contributed by atoms with van der Waals surface area (Å²) >= 11 is 6.05. The zero-order valence-electron chi connectivity index (χ0n) is 13.9. The van der Waals surface area contributed by atoms with Crippen LogP contribution in [0.4, 0.5) is 0 Å². The lowest BCUT2D eigenvalue weighted by atomic mass is 10.0. The van der Waals surface area contributed by atoms with Gasteiger partial charge in [-0.25, -0.2) is 0 Å². The maximum atomic E-state index is 12.1. The Morgan fingerprint density at radius 3 is 2.54 bits per heavy atom. The number of carboxylic acid groups (broad SMARTS) is 1. The average molecular weight is 354 g/mol. The van der Waals surface area contributed by atoms with Crippen molar-refractivity contribution in [3.05, 3.63) is 34.9 Å². The molecule has 0 aromatic heterocycles. The summed E-state index contributed by atoms with van der Waals surface area (Å²) in [6.07, 6.45) is -0.0217. The first-order valence-electron chi connectivity index (χ1n) is 8.09. The Labute approximate surface area is 147 Å². The van der Waals surface area contributed by atoms with E-state index in [-0.39, 0.29) is 12.3 Å². The van der Waals surface area contributed by atoms with Gasteiger partial charge in [-0.1, -0.05) is 29.8 Å². The fourth-order valence-electron chi connectivity index (χ4n) is 2.70. The van der Waals surface area contributed by atoms with Crippen LogP contribution in [-0.2, 0) is 16.1 Å². The number of carbonyl (C=O) groups is 2. The van der Waals surface area contributed by atoms with Crippen LogP contribution in [0.2, 0.25) is 5.02 Å². The minimum absolute atomic E-state index is 0.0217. The molecule has 0 unspecified atom stereocenters. The number of nitrogens with one attached hydrogen (secondary N) is 1. The molecule has 0 radical (unpaired) electrons. The van der Waals surface area contributed by atoms with Gasteiger partial charge in [0.2, 0.25) is 5.91 Å². The smallest absolute Gasteiger partial charge is 0.308 e. The SMILES string of the molecule is CN1CCN(C[C@@H](CC(=O)NCc2ccccc2Cl)C(=O)O)CC1. The fourth-order valence-corrected chi connectivity index (χ4v) is 2.91. The maximum Gasteiger partial charge on any atom is 0.308 e. The van der Waals surface area contributed by atoms with Crippen LogP contribution < -0.4 is 5.32 Å². The van der Waals surface area contributed by atoms with Crippen molar-refractivity contribution in [3.63, 3.8) is 0 Å². The number of carbonyl (C=O) groups excluding carboxylic acids is 1. The molecule has 7 heteroatoms. The van der Waals surface area contributed by atoms with Crippen molar-refractivity contribution in [3.8, 4) is 0 Å². The third-order valence-corrected chi connectivity index (χ3v) is 4.66. The van der Waals surface area contributed by atoms with Crippen LogP contribution in [0.15, 0.2) is 24.3 Å². The Balaban J connectivity index is 1.82. The van der Waals surface area contributed by atoms with Crippen LogP contribution in [0.5, 0.6) is 0 Å². The van der Waals surface area contributed by atoms with E-state index in [0.29, 0.717) is 18.1 Å². The van der Waals surface area contributed by atoms with Crippen molar-refractivity contribution in [1.82, 2.24) is 15.1 Å². The lowest BCUT2D eigenvalue weighted by Crippen LogP contribution is -2.47. The summed E-state index contributed by atoms with van der Waals surface area (Å²) < 4.78 is 0. The summed E-state index contributed by atoms with van der Waals surface area (Å²) in [6.45, 7) is 4.22. The van der Waals surface area contributed by atoms with Crippen LogP contribution >= 0.6 is 11.6 Å². The quantitative estimate of drug-likeness (QED) is 0.773. The maximum absolute atomic E-state index is 12.1. The van der Waals surface area contributed by atoms with Crippen molar-refractivity contribution >= 4 is 23.5 Å². The van der Waals surface area contributed by atoms with E-state index < -0.39 is 11.9 Å². The van der Waals surface area contributed by atoms with E-state index in [9.17, 15) is 14.7 Å². The standard InChI is InChI=1S/C17H24ClN3O3/c1-20-6-8-21(9-7-20)12-14(17(23)24)10-16(22)19-11-13-4-2-3-5-15(13)18/h2-5,14H,6-12H2,1H3,(H,19,22)(H,23,24)/t14-/m1/s1. The fraction of sp³-hybridized carbons (Fsp3) is 0.529. The minimum Gasteiger partial charge on any atom is -0.481 e. The van der Waals surface area contributed by atoms with Gasteiger partial charge in [0.25, 0.3) is 0 Å². The van der Waals surface area contributed by atoms with Crippen molar-refractivity contribution in [2.24, 2.45) is 5.92 Å². The highest BCUT2D eigenvalue weighted by molar-refractivity contribution is 6.31. The van der Waals surface area contributed by atoms with Gasteiger partial charge in [-0.2, -0.15) is 0 Å². The average Bonchev–Trinajstić information content (AvgIpc) is 2.55. The van der Waals surface area contributed by atoms with E-state index in [2.05, 4.69) is 15.1 Å². The van der Waals surface area contributed by atoms with Crippen molar-refractivity contribution in [1.29, 1.82) is 0 Å². The molecule has 1 fully saturated rings. The number of aliphatic carboxylic acids is 1. The van der Waals surface area contributed by atoms with Crippen LogP contribution in [0.3, 0.4) is 0 Å². The zero-order chi connectivity index (χ0) is 17.5. The van der Waals surface area contributed by atoms with Gasteiger partial charge in [0.15, 0.2) is 0 Å². The molecule has 1 aliphatic heterocycles. The van der Waals surface area contributed by atoms with Gasteiger partial charge in [-0.05, 0) is 18.7 Å². The number of rotatable bonds is 7. The largest absolute Gasteiger partial charge is 0.481 e. The second-order valence-corrected chi connectivity index (χ2v) is 6.62. The molecule has 1 amide bonds. The van der Waals surface area contributed by atoms with E-state index in [1.807, 2.05) is 25.2 Å². The van der Waals surface area contributed by atoms with E-state index in [4.69, 9.17) is 11.6 Å². The van der Waals surface area contributed by atoms with E-state index in [1.54, 1.807) is 6.07 Å². The minimum atomic E-state index is -0.929. The molecule has 132 valence electrons. The number of halogens is 1. The number of likely N-dealkylation sites (N-methyl/N-ethyl adjacent to an activating group) is 1. The second-order valence-electron chi connectivity index (χ2n) is 6.21. The predicted molar refractivity (Wildman–Crippen MR) is 93.0 cm³/mol. The first kappa shape index (κ1) is 18.7. The molecule has 1 atom stereocenters. The van der Waals surface area contributed by atoms with Crippen LogP contribution in [0.25, 0.3) is 0 Å². The number of carboxylic acids is 1. The molecule has 0 aliphatic carbocycles.